The lowest BCUT2D eigenvalue weighted by atomic mass is 10.1. The van der Waals surface area contributed by atoms with Gasteiger partial charge < -0.3 is 9.47 Å². The Morgan fingerprint density at radius 2 is 2.10 bits per heavy atom. The highest BCUT2D eigenvalue weighted by Gasteiger charge is 2.28. The van der Waals surface area contributed by atoms with Crippen LogP contribution in [0.4, 0.5) is 0 Å². The maximum absolute atomic E-state index is 6.17. The van der Waals surface area contributed by atoms with Gasteiger partial charge in [-0.2, -0.15) is 5.10 Å². The fourth-order valence-electron chi connectivity index (χ4n) is 3.16. The van der Waals surface area contributed by atoms with Crippen LogP contribution >= 0.6 is 0 Å². The van der Waals surface area contributed by atoms with Crippen molar-refractivity contribution >= 4 is 5.52 Å². The molecule has 2 aliphatic rings. The van der Waals surface area contributed by atoms with Gasteiger partial charge in [-0.1, -0.05) is 0 Å². The van der Waals surface area contributed by atoms with E-state index in [2.05, 4.69) is 16.1 Å². The van der Waals surface area contributed by atoms with Crippen LogP contribution in [0.5, 0.6) is 5.75 Å². The number of rotatable bonds is 3. The van der Waals surface area contributed by atoms with Crippen LogP contribution in [-0.2, 0) is 4.74 Å². The maximum atomic E-state index is 6.17. The topological polar surface area (TPSA) is 39.0 Å². The van der Waals surface area contributed by atoms with Crippen LogP contribution in [0.3, 0.4) is 0 Å². The lowest BCUT2D eigenvalue weighted by Gasteiger charge is -2.36. The Bertz CT molecular complexity index is 608. The average Bonchev–Trinajstić information content (AvgIpc) is 2.78. The largest absolute Gasteiger partial charge is 0.489 e. The van der Waals surface area contributed by atoms with Crippen molar-refractivity contribution in [2.45, 2.75) is 31.4 Å². The third-order valence-electron chi connectivity index (χ3n) is 4.52. The number of ether oxygens (including phenoxy) is 2. The molecule has 0 aromatic carbocycles. The van der Waals surface area contributed by atoms with E-state index in [1.807, 2.05) is 29.0 Å². The Balaban J connectivity index is 1.39. The van der Waals surface area contributed by atoms with Crippen LogP contribution < -0.4 is 4.74 Å². The molecular formula is C16H21N3O2. The molecule has 1 unspecified atom stereocenters. The van der Waals surface area contributed by atoms with Gasteiger partial charge in [0.2, 0.25) is 0 Å². The maximum Gasteiger partial charge on any atom is 0.138 e. The second-order valence-corrected chi connectivity index (χ2v) is 5.96. The average molecular weight is 287 g/mol. The molecule has 2 saturated heterocycles. The van der Waals surface area contributed by atoms with Crippen LogP contribution in [0.2, 0.25) is 0 Å². The summed E-state index contributed by atoms with van der Waals surface area (Å²) in [6.45, 7) is 4.10. The number of nitrogens with zero attached hydrogens (tertiary/aromatic N) is 3. The lowest BCUT2D eigenvalue weighted by molar-refractivity contribution is -0.0642. The van der Waals surface area contributed by atoms with E-state index in [0.29, 0.717) is 12.1 Å². The van der Waals surface area contributed by atoms with Gasteiger partial charge in [-0.3, -0.25) is 4.90 Å². The molecule has 0 amide bonds. The van der Waals surface area contributed by atoms with Crippen LogP contribution in [0.25, 0.3) is 5.52 Å². The molecule has 0 bridgehead atoms. The minimum atomic E-state index is 0.309. The van der Waals surface area contributed by atoms with Crippen molar-refractivity contribution in [2.75, 3.05) is 26.3 Å². The molecule has 1 atom stereocenters. The molecule has 5 nitrogen and oxygen atoms in total. The first-order valence-corrected chi connectivity index (χ1v) is 7.80. The zero-order chi connectivity index (χ0) is 14.1. The van der Waals surface area contributed by atoms with Gasteiger partial charge in [0.05, 0.1) is 31.0 Å². The minimum absolute atomic E-state index is 0.309. The van der Waals surface area contributed by atoms with E-state index in [1.54, 1.807) is 0 Å². The van der Waals surface area contributed by atoms with Crippen molar-refractivity contribution in [3.8, 4) is 5.75 Å². The summed E-state index contributed by atoms with van der Waals surface area (Å²) in [7, 11) is 0. The predicted molar refractivity (Wildman–Crippen MR) is 79.6 cm³/mol. The minimum Gasteiger partial charge on any atom is -0.489 e. The monoisotopic (exact) mass is 287 g/mol. The van der Waals surface area contributed by atoms with Gasteiger partial charge >= 0.3 is 0 Å². The summed E-state index contributed by atoms with van der Waals surface area (Å²) >= 11 is 0. The molecule has 0 radical (unpaired) electrons. The summed E-state index contributed by atoms with van der Waals surface area (Å²) in [4.78, 5) is 2.56. The number of hydrogen-bond donors (Lipinski definition) is 0. The molecule has 112 valence electrons. The standard InChI is InChI=1S/C16H21N3O2/c1-2-15(6-9-18(8-1)14-11-20-12-14)21-16-4-3-13-5-7-17-19(13)10-16/h3-5,7,10,14-15H,1-2,6,8-9,11-12H2. The molecule has 21 heavy (non-hydrogen) atoms. The zero-order valence-corrected chi connectivity index (χ0v) is 12.1. The zero-order valence-electron chi connectivity index (χ0n) is 12.1. The van der Waals surface area contributed by atoms with Crippen LogP contribution in [0, 0.1) is 0 Å². The predicted octanol–water partition coefficient (Wildman–Crippen LogP) is 1.97. The number of hydrogen-bond acceptors (Lipinski definition) is 4. The molecule has 0 aliphatic carbocycles. The van der Waals surface area contributed by atoms with E-state index in [1.165, 1.54) is 13.0 Å². The first kappa shape index (κ1) is 13.1. The summed E-state index contributed by atoms with van der Waals surface area (Å²) in [5.41, 5.74) is 1.10. The first-order chi connectivity index (χ1) is 10.4. The van der Waals surface area contributed by atoms with Crippen molar-refractivity contribution in [1.29, 1.82) is 0 Å². The van der Waals surface area contributed by atoms with E-state index >= 15 is 0 Å². The van der Waals surface area contributed by atoms with E-state index < -0.39 is 0 Å². The van der Waals surface area contributed by atoms with E-state index in [9.17, 15) is 0 Å². The van der Waals surface area contributed by atoms with Crippen molar-refractivity contribution in [3.63, 3.8) is 0 Å². The van der Waals surface area contributed by atoms with Gasteiger partial charge in [0.25, 0.3) is 0 Å². The molecule has 2 aromatic rings. The SMILES string of the molecule is c1cc2ccc(OC3CCCN(C4COC4)CC3)cn2n1. The van der Waals surface area contributed by atoms with Gasteiger partial charge in [0, 0.05) is 12.7 Å². The van der Waals surface area contributed by atoms with Crippen molar-refractivity contribution in [3.05, 3.63) is 30.6 Å². The Morgan fingerprint density at radius 1 is 1.14 bits per heavy atom. The van der Waals surface area contributed by atoms with Crippen LogP contribution in [0.15, 0.2) is 30.6 Å². The summed E-state index contributed by atoms with van der Waals surface area (Å²) < 4.78 is 13.3. The van der Waals surface area contributed by atoms with Gasteiger partial charge in [-0.05, 0) is 44.0 Å². The summed E-state index contributed by atoms with van der Waals surface area (Å²) in [6, 6.07) is 6.73. The van der Waals surface area contributed by atoms with Crippen LogP contribution in [0.1, 0.15) is 19.3 Å². The summed E-state index contributed by atoms with van der Waals surface area (Å²) in [5, 5.41) is 4.26. The second kappa shape index (κ2) is 5.66. The molecule has 2 aromatic heterocycles. The Kier molecular flexibility index (Phi) is 3.53. The molecule has 0 N–H and O–H groups in total. The molecule has 4 rings (SSSR count). The van der Waals surface area contributed by atoms with Gasteiger partial charge in [-0.15, -0.1) is 0 Å². The molecule has 0 saturated carbocycles. The van der Waals surface area contributed by atoms with Crippen molar-refractivity contribution in [2.24, 2.45) is 0 Å². The molecule has 0 spiro atoms. The Morgan fingerprint density at radius 3 is 2.95 bits per heavy atom. The van der Waals surface area contributed by atoms with Crippen LogP contribution in [-0.4, -0.2) is 53.0 Å². The fourth-order valence-corrected chi connectivity index (χ4v) is 3.16. The van der Waals surface area contributed by atoms with Crippen molar-refractivity contribution in [1.82, 2.24) is 14.5 Å². The normalized spacial score (nSPS) is 24.7. The number of pyridine rings is 1. The molecule has 5 heteroatoms. The number of aromatic nitrogens is 2. The fraction of sp³-hybridized carbons (Fsp3) is 0.562. The van der Waals surface area contributed by atoms with E-state index in [0.717, 1.165) is 43.9 Å². The number of fused-ring (bicyclic) bond motifs is 1. The number of likely N-dealkylation sites (tertiary alicyclic amines) is 1. The second-order valence-electron chi connectivity index (χ2n) is 5.96. The summed E-state index contributed by atoms with van der Waals surface area (Å²) in [6.07, 6.45) is 7.50. The van der Waals surface area contributed by atoms with Gasteiger partial charge in [0.15, 0.2) is 0 Å². The van der Waals surface area contributed by atoms with E-state index in [4.69, 9.17) is 9.47 Å². The highest BCUT2D eigenvalue weighted by atomic mass is 16.5. The van der Waals surface area contributed by atoms with Gasteiger partial charge in [0.1, 0.15) is 11.9 Å². The lowest BCUT2D eigenvalue weighted by Crippen LogP contribution is -2.49. The smallest absolute Gasteiger partial charge is 0.138 e. The van der Waals surface area contributed by atoms with Gasteiger partial charge in [-0.25, -0.2) is 4.52 Å². The third kappa shape index (κ3) is 2.76. The highest BCUT2D eigenvalue weighted by molar-refractivity contribution is 5.47. The first-order valence-electron chi connectivity index (χ1n) is 7.80. The molecule has 2 fully saturated rings. The quantitative estimate of drug-likeness (QED) is 0.865. The van der Waals surface area contributed by atoms with Crippen molar-refractivity contribution < 1.29 is 9.47 Å². The van der Waals surface area contributed by atoms with E-state index in [-0.39, 0.29) is 0 Å². The summed E-state index contributed by atoms with van der Waals surface area (Å²) in [5.74, 6) is 0.914. The molecule has 2 aliphatic heterocycles. The Hall–Kier alpha value is -1.59. The molecule has 4 heterocycles. The Labute approximate surface area is 124 Å². The molecular weight excluding hydrogens is 266 g/mol. The highest BCUT2D eigenvalue weighted by Crippen LogP contribution is 2.22. The third-order valence-corrected chi connectivity index (χ3v) is 4.52.